The number of nitriles is 1. The van der Waals surface area contributed by atoms with Crippen LogP contribution in [0.2, 0.25) is 0 Å². The summed E-state index contributed by atoms with van der Waals surface area (Å²) in [5.74, 6) is -0.625. The Morgan fingerprint density at radius 2 is 1.68 bits per heavy atom. The summed E-state index contributed by atoms with van der Waals surface area (Å²) >= 11 is 0. The van der Waals surface area contributed by atoms with Gasteiger partial charge < -0.3 is 9.52 Å². The number of rotatable bonds is 10. The van der Waals surface area contributed by atoms with Gasteiger partial charge in [-0.1, -0.05) is 67.6 Å². The van der Waals surface area contributed by atoms with Crippen molar-refractivity contribution in [2.75, 3.05) is 0 Å². The van der Waals surface area contributed by atoms with Crippen molar-refractivity contribution in [1.29, 1.82) is 5.26 Å². The van der Waals surface area contributed by atoms with Gasteiger partial charge in [-0.25, -0.2) is 17.9 Å². The highest BCUT2D eigenvalue weighted by molar-refractivity contribution is 7.89. The average molecular weight is 555 g/mol. The summed E-state index contributed by atoms with van der Waals surface area (Å²) in [7, 11) is -3.85. The molecule has 204 valence electrons. The Kier molecular flexibility index (Phi) is 7.88. The van der Waals surface area contributed by atoms with Crippen LogP contribution in [0.25, 0.3) is 0 Å². The summed E-state index contributed by atoms with van der Waals surface area (Å²) in [6, 6.07) is 28.0. The van der Waals surface area contributed by atoms with E-state index in [1.54, 1.807) is 6.07 Å². The van der Waals surface area contributed by atoms with Crippen molar-refractivity contribution in [3.8, 4) is 11.8 Å². The molecule has 1 heterocycles. The summed E-state index contributed by atoms with van der Waals surface area (Å²) in [6.07, 6.45) is 1.88. The van der Waals surface area contributed by atoms with E-state index >= 15 is 0 Å². The molecular weight excluding hydrogens is 524 g/mol. The number of hydrogen-bond acceptors (Lipinski definition) is 6. The molecule has 0 amide bonds. The molecule has 1 aliphatic carbocycles. The molecule has 0 bridgehead atoms. The zero-order chi connectivity index (χ0) is 28.3. The largest absolute Gasteiger partial charge is 0.507 e. The number of aromatic hydroxyl groups is 1. The fraction of sp³-hybridized carbons (Fsp3) is 0.250. The van der Waals surface area contributed by atoms with Crippen LogP contribution in [0.5, 0.6) is 5.75 Å². The monoisotopic (exact) mass is 554 g/mol. The molecule has 1 aliphatic rings. The Morgan fingerprint density at radius 3 is 2.27 bits per heavy atom. The van der Waals surface area contributed by atoms with Gasteiger partial charge >= 0.3 is 5.63 Å². The van der Waals surface area contributed by atoms with Crippen LogP contribution in [0.3, 0.4) is 0 Å². The standard InChI is InChI=1S/C32H30N2O5S/c1-2-23(17-21-9-5-3-6-10-21)29-19-28(35)31(32(36)39-29)30(24-11-7-4-8-12-24)26-18-27(26)34-40(37,38)25-15-13-22(20-33)14-16-25/h3-16,19,23,26-27,30,34-35H,2,17-18H2,1H3. The topological polar surface area (TPSA) is 120 Å². The van der Waals surface area contributed by atoms with E-state index in [9.17, 15) is 18.3 Å². The fourth-order valence-electron chi connectivity index (χ4n) is 5.32. The van der Waals surface area contributed by atoms with Crippen LogP contribution in [0, 0.1) is 17.2 Å². The molecule has 7 nitrogen and oxygen atoms in total. The third-order valence-electron chi connectivity index (χ3n) is 7.54. The minimum Gasteiger partial charge on any atom is -0.507 e. The molecule has 3 aromatic carbocycles. The molecule has 4 atom stereocenters. The van der Waals surface area contributed by atoms with E-state index in [2.05, 4.69) is 4.72 Å². The first-order valence-corrected chi connectivity index (χ1v) is 14.8. The molecule has 5 rings (SSSR count). The average Bonchev–Trinajstić information content (AvgIpc) is 3.71. The van der Waals surface area contributed by atoms with Crippen molar-refractivity contribution >= 4 is 10.0 Å². The maximum atomic E-state index is 13.5. The second-order valence-corrected chi connectivity index (χ2v) is 11.9. The Bertz CT molecular complexity index is 1680. The van der Waals surface area contributed by atoms with E-state index < -0.39 is 27.6 Å². The van der Waals surface area contributed by atoms with Gasteiger partial charge in [-0.05, 0) is 60.6 Å². The molecule has 0 radical (unpaired) electrons. The minimum atomic E-state index is -3.85. The van der Waals surface area contributed by atoms with Crippen LogP contribution in [-0.4, -0.2) is 19.6 Å². The lowest BCUT2D eigenvalue weighted by Crippen LogP contribution is -2.29. The second-order valence-electron chi connectivity index (χ2n) is 10.2. The van der Waals surface area contributed by atoms with Gasteiger partial charge in [0, 0.05) is 23.9 Å². The first-order valence-electron chi connectivity index (χ1n) is 13.3. The SMILES string of the molecule is CCC(Cc1ccccc1)c1cc(O)c(C(c2ccccc2)C2CC2NS(=O)(=O)c2ccc(C#N)cc2)c(=O)o1. The molecule has 4 aromatic rings. The highest BCUT2D eigenvalue weighted by atomic mass is 32.2. The van der Waals surface area contributed by atoms with E-state index in [4.69, 9.17) is 9.68 Å². The first kappa shape index (κ1) is 27.4. The van der Waals surface area contributed by atoms with Gasteiger partial charge in [-0.15, -0.1) is 0 Å². The highest BCUT2D eigenvalue weighted by Crippen LogP contribution is 2.48. The van der Waals surface area contributed by atoms with Crippen molar-refractivity contribution in [1.82, 2.24) is 4.72 Å². The maximum Gasteiger partial charge on any atom is 0.343 e. The van der Waals surface area contributed by atoms with Gasteiger partial charge in [0.2, 0.25) is 10.0 Å². The van der Waals surface area contributed by atoms with E-state index in [0.29, 0.717) is 24.2 Å². The zero-order valence-electron chi connectivity index (χ0n) is 22.0. The summed E-state index contributed by atoms with van der Waals surface area (Å²) < 4.78 is 34.6. The number of nitrogens with one attached hydrogen (secondary N) is 1. The number of benzene rings is 3. The Labute approximate surface area is 233 Å². The zero-order valence-corrected chi connectivity index (χ0v) is 22.8. The Balaban J connectivity index is 1.44. The Morgan fingerprint density at radius 1 is 1.02 bits per heavy atom. The highest BCUT2D eigenvalue weighted by Gasteiger charge is 2.48. The van der Waals surface area contributed by atoms with Gasteiger partial charge in [0.05, 0.1) is 22.1 Å². The maximum absolute atomic E-state index is 13.5. The van der Waals surface area contributed by atoms with Crippen LogP contribution >= 0.6 is 0 Å². The van der Waals surface area contributed by atoms with Crippen LogP contribution in [0.15, 0.2) is 105 Å². The lowest BCUT2D eigenvalue weighted by atomic mass is 9.86. The van der Waals surface area contributed by atoms with E-state index in [1.807, 2.05) is 73.7 Å². The molecule has 0 spiro atoms. The number of hydrogen-bond donors (Lipinski definition) is 2. The van der Waals surface area contributed by atoms with Gasteiger partial charge in [-0.3, -0.25) is 0 Å². The van der Waals surface area contributed by atoms with Crippen molar-refractivity contribution < 1.29 is 17.9 Å². The minimum absolute atomic E-state index is 0.0594. The molecule has 8 heteroatoms. The smallest absolute Gasteiger partial charge is 0.343 e. The number of sulfonamides is 1. The lowest BCUT2D eigenvalue weighted by molar-refractivity contribution is 0.379. The van der Waals surface area contributed by atoms with Crippen molar-refractivity contribution in [3.05, 3.63) is 129 Å². The van der Waals surface area contributed by atoms with Crippen molar-refractivity contribution in [3.63, 3.8) is 0 Å². The van der Waals surface area contributed by atoms with E-state index in [0.717, 1.165) is 17.5 Å². The second kappa shape index (κ2) is 11.5. The van der Waals surface area contributed by atoms with Gasteiger partial charge in [-0.2, -0.15) is 5.26 Å². The van der Waals surface area contributed by atoms with E-state index in [1.165, 1.54) is 24.3 Å². The summed E-state index contributed by atoms with van der Waals surface area (Å²) in [5.41, 5.74) is 1.79. The first-order chi connectivity index (χ1) is 19.3. The van der Waals surface area contributed by atoms with Gasteiger partial charge in [0.1, 0.15) is 11.5 Å². The fourth-order valence-corrected chi connectivity index (χ4v) is 6.62. The van der Waals surface area contributed by atoms with Crippen molar-refractivity contribution in [2.24, 2.45) is 5.92 Å². The summed E-state index contributed by atoms with van der Waals surface area (Å²) in [4.78, 5) is 13.5. The molecule has 1 fully saturated rings. The molecule has 0 aliphatic heterocycles. The van der Waals surface area contributed by atoms with Crippen LogP contribution < -0.4 is 10.3 Å². The van der Waals surface area contributed by atoms with Crippen LogP contribution in [-0.2, 0) is 16.4 Å². The summed E-state index contributed by atoms with van der Waals surface area (Å²) in [5, 5.41) is 20.2. The Hall–Kier alpha value is -4.19. The third kappa shape index (κ3) is 5.86. The third-order valence-corrected chi connectivity index (χ3v) is 9.05. The van der Waals surface area contributed by atoms with E-state index in [-0.39, 0.29) is 28.0 Å². The normalized spacial score (nSPS) is 18.0. The molecular formula is C32H30N2O5S. The number of nitrogens with zero attached hydrogens (tertiary/aromatic N) is 1. The van der Waals surface area contributed by atoms with Crippen LogP contribution in [0.4, 0.5) is 0 Å². The molecule has 0 saturated heterocycles. The van der Waals surface area contributed by atoms with Crippen molar-refractivity contribution in [2.45, 2.75) is 49.0 Å². The van der Waals surface area contributed by atoms with Gasteiger partial charge in [0.15, 0.2) is 0 Å². The van der Waals surface area contributed by atoms with Gasteiger partial charge in [0.25, 0.3) is 0 Å². The molecule has 40 heavy (non-hydrogen) atoms. The molecule has 4 unspecified atom stereocenters. The molecule has 1 aromatic heterocycles. The predicted octanol–water partition coefficient (Wildman–Crippen LogP) is 5.45. The van der Waals surface area contributed by atoms with Crippen LogP contribution in [0.1, 0.15) is 59.6 Å². The quantitative estimate of drug-likeness (QED) is 0.269. The molecule has 1 saturated carbocycles. The lowest BCUT2D eigenvalue weighted by Gasteiger charge is -2.20. The summed E-state index contributed by atoms with van der Waals surface area (Å²) in [6.45, 7) is 2.01. The predicted molar refractivity (Wildman–Crippen MR) is 151 cm³/mol. The molecule has 2 N–H and O–H groups in total.